The Morgan fingerprint density at radius 1 is 1.00 bits per heavy atom. The molecule has 5 rings (SSSR count). The largest absolute Gasteiger partial charge is 0.497 e. The van der Waals surface area contributed by atoms with E-state index in [-0.39, 0.29) is 11.8 Å². The number of rotatable bonds is 4. The van der Waals surface area contributed by atoms with Crippen molar-refractivity contribution >= 4 is 38.7 Å². The molecule has 0 saturated carbocycles. The molecular weight excluding hydrogens is 384 g/mol. The number of fused-ring (bicyclic) bond motifs is 4. The second-order valence-corrected chi connectivity index (χ2v) is 7.00. The van der Waals surface area contributed by atoms with E-state index in [4.69, 9.17) is 13.6 Å². The van der Waals surface area contributed by atoms with Gasteiger partial charge in [0.2, 0.25) is 0 Å². The van der Waals surface area contributed by atoms with E-state index >= 15 is 0 Å². The van der Waals surface area contributed by atoms with Gasteiger partial charge in [-0.15, -0.1) is 0 Å². The fraction of sp³-hybridized carbons (Fsp3) is 0.0833. The number of furan rings is 1. The molecule has 2 aromatic heterocycles. The highest BCUT2D eigenvalue weighted by Gasteiger charge is 2.23. The standard InChI is InChI=1S/C24H16O6/c1-28-16-9-8-13-10-15(7-6-14(13)11-16)22-18(12-20(25)26)21-23(30-22)17-4-2-3-5-19(17)29-24(21)27/h2-11H,12H2,1H3,(H,25,26). The molecule has 0 spiro atoms. The molecule has 6 heteroatoms. The molecule has 6 nitrogen and oxygen atoms in total. The van der Waals surface area contributed by atoms with E-state index in [1.807, 2.05) is 42.5 Å². The Hall–Kier alpha value is -4.06. The summed E-state index contributed by atoms with van der Waals surface area (Å²) in [5.41, 5.74) is 1.11. The molecule has 0 aliphatic carbocycles. The van der Waals surface area contributed by atoms with Crippen LogP contribution in [-0.4, -0.2) is 18.2 Å². The van der Waals surface area contributed by atoms with Gasteiger partial charge in [0.15, 0.2) is 5.58 Å². The molecule has 1 N–H and O–H groups in total. The van der Waals surface area contributed by atoms with Crippen LogP contribution in [0.25, 0.3) is 44.0 Å². The summed E-state index contributed by atoms with van der Waals surface area (Å²) in [5.74, 6) is 0.0421. The fourth-order valence-corrected chi connectivity index (χ4v) is 3.81. The summed E-state index contributed by atoms with van der Waals surface area (Å²) in [6, 6.07) is 18.4. The summed E-state index contributed by atoms with van der Waals surface area (Å²) in [5, 5.41) is 12.2. The van der Waals surface area contributed by atoms with Crippen LogP contribution in [0.3, 0.4) is 0 Å². The van der Waals surface area contributed by atoms with Gasteiger partial charge in [-0.2, -0.15) is 0 Å². The monoisotopic (exact) mass is 400 g/mol. The Bertz CT molecular complexity index is 1510. The molecule has 30 heavy (non-hydrogen) atoms. The Morgan fingerprint density at radius 3 is 2.57 bits per heavy atom. The van der Waals surface area contributed by atoms with E-state index in [1.165, 1.54) is 0 Å². The van der Waals surface area contributed by atoms with Gasteiger partial charge in [-0.3, -0.25) is 4.79 Å². The maximum Gasteiger partial charge on any atom is 0.347 e. The second-order valence-electron chi connectivity index (χ2n) is 7.00. The normalized spacial score (nSPS) is 11.4. The lowest BCUT2D eigenvalue weighted by molar-refractivity contribution is -0.136. The van der Waals surface area contributed by atoms with Crippen molar-refractivity contribution in [1.82, 2.24) is 0 Å². The average Bonchev–Trinajstić information content (AvgIpc) is 3.12. The Kier molecular flexibility index (Phi) is 4.06. The number of carboxylic acid groups (broad SMARTS) is 1. The predicted molar refractivity (Wildman–Crippen MR) is 113 cm³/mol. The Labute approximate surface area is 169 Å². The van der Waals surface area contributed by atoms with Gasteiger partial charge in [0, 0.05) is 11.1 Å². The topological polar surface area (TPSA) is 89.9 Å². The van der Waals surface area contributed by atoms with Gasteiger partial charge in [0.05, 0.1) is 18.9 Å². The minimum absolute atomic E-state index is 0.168. The van der Waals surface area contributed by atoms with Gasteiger partial charge in [0.25, 0.3) is 0 Å². The van der Waals surface area contributed by atoms with Crippen molar-refractivity contribution in [1.29, 1.82) is 0 Å². The fourth-order valence-electron chi connectivity index (χ4n) is 3.81. The number of carboxylic acids is 1. The maximum absolute atomic E-state index is 12.7. The highest BCUT2D eigenvalue weighted by molar-refractivity contribution is 6.05. The minimum Gasteiger partial charge on any atom is -0.497 e. The van der Waals surface area contributed by atoms with Crippen LogP contribution >= 0.6 is 0 Å². The summed E-state index contributed by atoms with van der Waals surface area (Å²) in [6.07, 6.45) is -0.355. The zero-order valence-corrected chi connectivity index (χ0v) is 16.0. The first-order valence-corrected chi connectivity index (χ1v) is 9.32. The van der Waals surface area contributed by atoms with Crippen molar-refractivity contribution in [3.8, 4) is 17.1 Å². The summed E-state index contributed by atoms with van der Waals surface area (Å²) >= 11 is 0. The van der Waals surface area contributed by atoms with Crippen LogP contribution in [0.1, 0.15) is 5.56 Å². The van der Waals surface area contributed by atoms with Crippen molar-refractivity contribution in [2.75, 3.05) is 7.11 Å². The molecule has 3 aromatic carbocycles. The zero-order chi connectivity index (χ0) is 20.8. The SMILES string of the molecule is COc1ccc2cc(-c3oc4c(c3CC(=O)O)c(=O)oc3ccccc34)ccc2c1. The van der Waals surface area contributed by atoms with E-state index in [0.717, 1.165) is 16.5 Å². The van der Waals surface area contributed by atoms with Crippen molar-refractivity contribution in [3.63, 3.8) is 0 Å². The van der Waals surface area contributed by atoms with E-state index < -0.39 is 11.6 Å². The molecule has 0 bridgehead atoms. The number of hydrogen-bond acceptors (Lipinski definition) is 5. The van der Waals surface area contributed by atoms with Gasteiger partial charge in [-0.1, -0.05) is 30.3 Å². The highest BCUT2D eigenvalue weighted by Crippen LogP contribution is 2.37. The minimum atomic E-state index is -1.06. The van der Waals surface area contributed by atoms with Gasteiger partial charge < -0.3 is 18.7 Å². The van der Waals surface area contributed by atoms with Crippen molar-refractivity contribution in [2.24, 2.45) is 0 Å². The second kappa shape index (κ2) is 6.77. The van der Waals surface area contributed by atoms with Crippen molar-refractivity contribution < 1.29 is 23.5 Å². The quantitative estimate of drug-likeness (QED) is 0.427. The van der Waals surface area contributed by atoms with Gasteiger partial charge in [-0.25, -0.2) is 4.79 Å². The lowest BCUT2D eigenvalue weighted by Crippen LogP contribution is -2.06. The van der Waals surface area contributed by atoms with Crippen LogP contribution < -0.4 is 10.4 Å². The van der Waals surface area contributed by atoms with E-state index in [2.05, 4.69) is 0 Å². The Balaban J connectivity index is 1.82. The van der Waals surface area contributed by atoms with Crippen LogP contribution in [-0.2, 0) is 11.2 Å². The third-order valence-electron chi connectivity index (χ3n) is 5.18. The summed E-state index contributed by atoms with van der Waals surface area (Å²) in [6.45, 7) is 0. The van der Waals surface area contributed by atoms with Crippen molar-refractivity contribution in [2.45, 2.75) is 6.42 Å². The molecule has 5 aromatic rings. The van der Waals surface area contributed by atoms with Gasteiger partial charge in [0.1, 0.15) is 22.5 Å². The smallest absolute Gasteiger partial charge is 0.347 e. The first-order chi connectivity index (χ1) is 14.5. The van der Waals surface area contributed by atoms with Crippen LogP contribution in [0.4, 0.5) is 0 Å². The number of carbonyl (C=O) groups is 1. The van der Waals surface area contributed by atoms with Gasteiger partial charge in [-0.05, 0) is 41.1 Å². The van der Waals surface area contributed by atoms with E-state index in [0.29, 0.717) is 33.4 Å². The molecule has 2 heterocycles. The van der Waals surface area contributed by atoms with Crippen LogP contribution in [0.2, 0.25) is 0 Å². The highest BCUT2D eigenvalue weighted by atomic mass is 16.5. The maximum atomic E-state index is 12.7. The molecule has 0 aliphatic heterocycles. The molecule has 148 valence electrons. The summed E-state index contributed by atoms with van der Waals surface area (Å²) < 4.78 is 16.8. The molecule has 0 saturated heterocycles. The molecule has 0 amide bonds. The molecule has 0 fully saturated rings. The zero-order valence-electron chi connectivity index (χ0n) is 16.0. The lowest BCUT2D eigenvalue weighted by atomic mass is 10.0. The number of ether oxygens (including phenoxy) is 1. The average molecular weight is 400 g/mol. The number of hydrogen-bond donors (Lipinski definition) is 1. The number of para-hydroxylation sites is 1. The third-order valence-corrected chi connectivity index (χ3v) is 5.18. The molecular formula is C24H16O6. The summed E-state index contributed by atoms with van der Waals surface area (Å²) in [7, 11) is 1.61. The molecule has 0 unspecified atom stereocenters. The predicted octanol–water partition coefficient (Wildman–Crippen LogP) is 5.00. The van der Waals surface area contributed by atoms with Crippen LogP contribution in [0.15, 0.2) is 74.3 Å². The molecule has 0 aliphatic rings. The lowest BCUT2D eigenvalue weighted by Gasteiger charge is -2.05. The van der Waals surface area contributed by atoms with E-state index in [9.17, 15) is 14.7 Å². The first kappa shape index (κ1) is 18.0. The summed E-state index contributed by atoms with van der Waals surface area (Å²) in [4.78, 5) is 24.3. The Morgan fingerprint density at radius 2 is 1.77 bits per heavy atom. The van der Waals surface area contributed by atoms with E-state index in [1.54, 1.807) is 25.3 Å². The number of aliphatic carboxylic acids is 1. The van der Waals surface area contributed by atoms with Gasteiger partial charge >= 0.3 is 11.6 Å². The first-order valence-electron chi connectivity index (χ1n) is 9.32. The molecule has 0 atom stereocenters. The number of benzene rings is 3. The van der Waals surface area contributed by atoms with Crippen LogP contribution in [0.5, 0.6) is 5.75 Å². The number of methoxy groups -OCH3 is 1. The van der Waals surface area contributed by atoms with Crippen LogP contribution in [0, 0.1) is 0 Å². The van der Waals surface area contributed by atoms with Crippen molar-refractivity contribution in [3.05, 3.63) is 76.6 Å². The third kappa shape index (κ3) is 2.81. The molecule has 0 radical (unpaired) electrons.